The third-order valence-electron chi connectivity index (χ3n) is 4.90. The zero-order chi connectivity index (χ0) is 15.9. The Hall–Kier alpha value is -1.40. The Labute approximate surface area is 132 Å². The molecule has 0 aromatic carbocycles. The van der Waals surface area contributed by atoms with Crippen LogP contribution in [0.5, 0.6) is 0 Å². The van der Waals surface area contributed by atoms with Crippen molar-refractivity contribution >= 4 is 11.8 Å². The Morgan fingerprint density at radius 1 is 1.14 bits per heavy atom. The maximum atomic E-state index is 12.4. The van der Waals surface area contributed by atoms with E-state index in [0.717, 1.165) is 26.1 Å². The normalized spacial score (nSPS) is 28.9. The van der Waals surface area contributed by atoms with Crippen LogP contribution >= 0.6 is 0 Å². The topological polar surface area (TPSA) is 47.1 Å². The second-order valence-corrected chi connectivity index (χ2v) is 7.11. The molecule has 122 valence electrons. The van der Waals surface area contributed by atoms with Crippen LogP contribution in [0.25, 0.3) is 0 Å². The Balaban J connectivity index is 1.51. The van der Waals surface area contributed by atoms with Gasteiger partial charge in [0.15, 0.2) is 0 Å². The molecule has 2 bridgehead atoms. The SMILES string of the molecule is CN(C)C/C=C/C(=O)N1C2CC1CN(C(=O)C1CN(C)C1)C2. The molecule has 6 nitrogen and oxygen atoms in total. The van der Waals surface area contributed by atoms with Crippen LogP contribution in [-0.2, 0) is 9.59 Å². The van der Waals surface area contributed by atoms with Gasteiger partial charge in [-0.3, -0.25) is 9.59 Å². The van der Waals surface area contributed by atoms with Gasteiger partial charge in [-0.1, -0.05) is 6.08 Å². The Bertz CT molecular complexity index is 473. The Morgan fingerprint density at radius 2 is 1.77 bits per heavy atom. The fourth-order valence-electron chi connectivity index (χ4n) is 3.71. The zero-order valence-electron chi connectivity index (χ0n) is 13.7. The number of carbonyl (C=O) groups is 2. The van der Waals surface area contributed by atoms with Gasteiger partial charge in [0.05, 0.1) is 18.0 Å². The molecule has 0 aliphatic carbocycles. The maximum Gasteiger partial charge on any atom is 0.246 e. The minimum Gasteiger partial charge on any atom is -0.338 e. The van der Waals surface area contributed by atoms with E-state index >= 15 is 0 Å². The van der Waals surface area contributed by atoms with Crippen LogP contribution in [0.15, 0.2) is 12.2 Å². The monoisotopic (exact) mass is 306 g/mol. The number of piperazine rings is 1. The van der Waals surface area contributed by atoms with E-state index in [1.165, 1.54) is 0 Å². The Morgan fingerprint density at radius 3 is 2.32 bits per heavy atom. The smallest absolute Gasteiger partial charge is 0.246 e. The number of hydrogen-bond donors (Lipinski definition) is 0. The standard InChI is InChI=1S/C16H26N4O2/c1-17(2)6-4-5-15(21)20-13-7-14(20)11-19(10-13)16(22)12-8-18(3)9-12/h4-5,12-14H,6-11H2,1-3H3/b5-4+. The van der Waals surface area contributed by atoms with Crippen molar-refractivity contribution in [3.8, 4) is 0 Å². The fourth-order valence-corrected chi connectivity index (χ4v) is 3.71. The van der Waals surface area contributed by atoms with E-state index in [0.29, 0.717) is 13.1 Å². The van der Waals surface area contributed by atoms with Crippen LogP contribution in [0.3, 0.4) is 0 Å². The minimum atomic E-state index is 0.0959. The van der Waals surface area contributed by atoms with Gasteiger partial charge in [0.1, 0.15) is 0 Å². The first-order valence-electron chi connectivity index (χ1n) is 8.06. The molecule has 0 saturated carbocycles. The van der Waals surface area contributed by atoms with E-state index < -0.39 is 0 Å². The van der Waals surface area contributed by atoms with E-state index in [1.54, 1.807) is 6.08 Å². The second-order valence-electron chi connectivity index (χ2n) is 7.11. The molecule has 2 atom stereocenters. The molecule has 0 radical (unpaired) electrons. The lowest BCUT2D eigenvalue weighted by atomic mass is 9.86. The van der Waals surface area contributed by atoms with Crippen LogP contribution in [-0.4, -0.2) is 97.4 Å². The molecule has 4 aliphatic heterocycles. The highest BCUT2D eigenvalue weighted by Crippen LogP contribution is 2.33. The zero-order valence-corrected chi connectivity index (χ0v) is 13.7. The van der Waals surface area contributed by atoms with Crippen molar-refractivity contribution < 1.29 is 9.59 Å². The highest BCUT2D eigenvalue weighted by molar-refractivity contribution is 5.89. The molecule has 4 fully saturated rings. The van der Waals surface area contributed by atoms with Crippen LogP contribution < -0.4 is 0 Å². The third-order valence-corrected chi connectivity index (χ3v) is 4.90. The molecule has 0 spiro atoms. The van der Waals surface area contributed by atoms with Gasteiger partial charge in [-0.2, -0.15) is 0 Å². The summed E-state index contributed by atoms with van der Waals surface area (Å²) in [6.45, 7) is 3.95. The Kier molecular flexibility index (Phi) is 4.23. The number of fused-ring (bicyclic) bond motifs is 2. The minimum absolute atomic E-state index is 0.0959. The molecule has 2 unspecified atom stereocenters. The quantitative estimate of drug-likeness (QED) is 0.656. The number of likely N-dealkylation sites (N-methyl/N-ethyl adjacent to an activating group) is 1. The molecule has 4 saturated heterocycles. The van der Waals surface area contributed by atoms with Crippen molar-refractivity contribution in [2.45, 2.75) is 18.5 Å². The highest BCUT2D eigenvalue weighted by atomic mass is 16.2. The van der Waals surface area contributed by atoms with Crippen LogP contribution in [0.1, 0.15) is 6.42 Å². The summed E-state index contributed by atoms with van der Waals surface area (Å²) in [5, 5.41) is 0. The largest absolute Gasteiger partial charge is 0.338 e. The van der Waals surface area contributed by atoms with Crippen molar-refractivity contribution in [1.82, 2.24) is 19.6 Å². The van der Waals surface area contributed by atoms with E-state index in [4.69, 9.17) is 0 Å². The first-order valence-corrected chi connectivity index (χ1v) is 8.06. The molecule has 4 heterocycles. The van der Waals surface area contributed by atoms with Gasteiger partial charge < -0.3 is 19.6 Å². The van der Waals surface area contributed by atoms with Crippen molar-refractivity contribution in [2.24, 2.45) is 5.92 Å². The fraction of sp³-hybridized carbons (Fsp3) is 0.750. The van der Waals surface area contributed by atoms with E-state index in [2.05, 4.69) is 4.90 Å². The maximum absolute atomic E-state index is 12.4. The highest BCUT2D eigenvalue weighted by Gasteiger charge is 2.49. The van der Waals surface area contributed by atoms with Crippen LogP contribution in [0.4, 0.5) is 0 Å². The predicted octanol–water partition coefficient (Wildman–Crippen LogP) is -0.522. The van der Waals surface area contributed by atoms with Gasteiger partial charge in [0.2, 0.25) is 11.8 Å². The summed E-state index contributed by atoms with van der Waals surface area (Å²) in [6.07, 6.45) is 4.63. The second kappa shape index (κ2) is 6.01. The van der Waals surface area contributed by atoms with Gasteiger partial charge in [-0.25, -0.2) is 0 Å². The van der Waals surface area contributed by atoms with Crippen LogP contribution in [0, 0.1) is 5.92 Å². The average Bonchev–Trinajstić information content (AvgIpc) is 2.42. The van der Waals surface area contributed by atoms with Gasteiger partial charge in [0.25, 0.3) is 0 Å². The van der Waals surface area contributed by atoms with Crippen molar-refractivity contribution in [1.29, 1.82) is 0 Å². The number of hydrogen-bond acceptors (Lipinski definition) is 4. The van der Waals surface area contributed by atoms with Crippen LogP contribution in [0.2, 0.25) is 0 Å². The van der Waals surface area contributed by atoms with Gasteiger partial charge in [0, 0.05) is 38.8 Å². The number of carbonyl (C=O) groups excluding carboxylic acids is 2. The molecule has 2 amide bonds. The first-order chi connectivity index (χ1) is 10.5. The summed E-state index contributed by atoms with van der Waals surface area (Å²) in [6, 6.07) is 0.439. The van der Waals surface area contributed by atoms with E-state index in [-0.39, 0.29) is 29.8 Å². The number of rotatable bonds is 4. The van der Waals surface area contributed by atoms with Gasteiger partial charge in [-0.15, -0.1) is 0 Å². The number of likely N-dealkylation sites (tertiary alicyclic amines) is 1. The lowest BCUT2D eigenvalue weighted by Gasteiger charge is -2.56. The van der Waals surface area contributed by atoms with Gasteiger partial charge >= 0.3 is 0 Å². The number of amides is 2. The number of nitrogens with zero attached hydrogens (tertiary/aromatic N) is 4. The summed E-state index contributed by atoms with van der Waals surface area (Å²) in [7, 11) is 6.00. The predicted molar refractivity (Wildman–Crippen MR) is 84.3 cm³/mol. The molecule has 0 aromatic rings. The lowest BCUT2D eigenvalue weighted by Crippen LogP contribution is -2.71. The molecular formula is C16H26N4O2. The molecule has 4 rings (SSSR count). The summed E-state index contributed by atoms with van der Waals surface area (Å²) in [5.41, 5.74) is 0. The molecular weight excluding hydrogens is 280 g/mol. The molecule has 0 aromatic heterocycles. The van der Waals surface area contributed by atoms with Gasteiger partial charge in [-0.05, 0) is 27.6 Å². The molecule has 22 heavy (non-hydrogen) atoms. The van der Waals surface area contributed by atoms with E-state index in [9.17, 15) is 9.59 Å². The summed E-state index contributed by atoms with van der Waals surface area (Å²) in [4.78, 5) is 32.8. The third kappa shape index (κ3) is 2.90. The van der Waals surface area contributed by atoms with Crippen molar-refractivity contribution in [2.75, 3.05) is 53.9 Å². The van der Waals surface area contributed by atoms with Crippen molar-refractivity contribution in [3.63, 3.8) is 0 Å². The molecule has 4 aliphatic rings. The average molecular weight is 306 g/mol. The van der Waals surface area contributed by atoms with Crippen molar-refractivity contribution in [3.05, 3.63) is 12.2 Å². The first kappa shape index (κ1) is 15.5. The lowest BCUT2D eigenvalue weighted by molar-refractivity contribution is -0.161. The summed E-state index contributed by atoms with van der Waals surface area (Å²) >= 11 is 0. The summed E-state index contributed by atoms with van der Waals surface area (Å²) in [5.74, 6) is 0.549. The molecule has 6 heteroatoms. The number of piperidine rings is 1. The molecule has 0 N–H and O–H groups in total. The summed E-state index contributed by atoms with van der Waals surface area (Å²) < 4.78 is 0. The van der Waals surface area contributed by atoms with E-state index in [1.807, 2.05) is 41.9 Å².